The predicted octanol–water partition coefficient (Wildman–Crippen LogP) is 4.78. The highest BCUT2D eigenvalue weighted by atomic mass is 32.1. The molecular weight excluding hydrogens is 437 g/mol. The number of hydrogen-bond acceptors (Lipinski definition) is 3. The number of nitrogens with zero attached hydrogens (tertiary/aromatic N) is 3. The van der Waals surface area contributed by atoms with E-state index in [1.807, 2.05) is 18.2 Å². The lowest BCUT2D eigenvalue weighted by Gasteiger charge is -2.27. The number of hydrogen-bond donors (Lipinski definition) is 2. The summed E-state index contributed by atoms with van der Waals surface area (Å²) >= 11 is 5.68. The molecule has 1 aliphatic heterocycles. The monoisotopic (exact) mass is 465 g/mol. The largest absolute Gasteiger partial charge is 0.352 e. The summed E-state index contributed by atoms with van der Waals surface area (Å²) in [5.74, 6) is -0.496. The van der Waals surface area contributed by atoms with Crippen molar-refractivity contribution in [2.75, 3.05) is 11.9 Å². The quantitative estimate of drug-likeness (QED) is 0.513. The number of rotatable bonds is 6. The zero-order chi connectivity index (χ0) is 23.6. The Morgan fingerprint density at radius 2 is 1.94 bits per heavy atom. The Hall–Kier alpha value is -3.26. The molecule has 6 nitrogen and oxygen atoms in total. The van der Waals surface area contributed by atoms with Crippen molar-refractivity contribution in [1.29, 1.82) is 0 Å². The van der Waals surface area contributed by atoms with E-state index in [1.54, 1.807) is 18.3 Å². The maximum atomic E-state index is 13.1. The summed E-state index contributed by atoms with van der Waals surface area (Å²) in [5, 5.41) is 6.82. The molecule has 0 aliphatic carbocycles. The SMILES string of the molecule is CC(C)(C)n1ccc([C@@H]2[C@H](c3ccccn3)NC(=S)N2CCC(=O)Nc2ccc(F)cc2)c1. The minimum atomic E-state index is -0.341. The molecule has 4 rings (SSSR count). The smallest absolute Gasteiger partial charge is 0.226 e. The number of thiocarbonyl (C=S) groups is 1. The van der Waals surface area contributed by atoms with Gasteiger partial charge in [0.2, 0.25) is 5.91 Å². The maximum absolute atomic E-state index is 13.1. The summed E-state index contributed by atoms with van der Waals surface area (Å²) in [4.78, 5) is 19.2. The Morgan fingerprint density at radius 3 is 2.58 bits per heavy atom. The first-order valence-electron chi connectivity index (χ1n) is 10.9. The fourth-order valence-corrected chi connectivity index (χ4v) is 4.33. The second-order valence-electron chi connectivity index (χ2n) is 9.15. The molecule has 0 saturated carbocycles. The second-order valence-corrected chi connectivity index (χ2v) is 9.53. The third kappa shape index (κ3) is 5.22. The third-order valence-corrected chi connectivity index (χ3v) is 6.09. The molecule has 3 aromatic rings. The normalized spacial score (nSPS) is 18.3. The Balaban J connectivity index is 1.55. The molecule has 8 heteroatoms. The molecule has 0 spiro atoms. The molecule has 1 aromatic carbocycles. The molecule has 2 aromatic heterocycles. The summed E-state index contributed by atoms with van der Waals surface area (Å²) in [6, 6.07) is 13.4. The van der Waals surface area contributed by atoms with Crippen LogP contribution in [0.2, 0.25) is 0 Å². The Kier molecular flexibility index (Phi) is 6.47. The van der Waals surface area contributed by atoms with E-state index in [4.69, 9.17) is 12.2 Å². The highest BCUT2D eigenvalue weighted by Crippen LogP contribution is 2.39. The first-order chi connectivity index (χ1) is 15.7. The van der Waals surface area contributed by atoms with Crippen LogP contribution in [0.4, 0.5) is 10.1 Å². The first kappa shape index (κ1) is 22.9. The lowest BCUT2D eigenvalue weighted by molar-refractivity contribution is -0.116. The summed E-state index contributed by atoms with van der Waals surface area (Å²) in [6.45, 7) is 6.90. The van der Waals surface area contributed by atoms with Crippen LogP contribution < -0.4 is 10.6 Å². The van der Waals surface area contributed by atoms with Gasteiger partial charge in [-0.2, -0.15) is 0 Å². The average Bonchev–Trinajstić information content (AvgIpc) is 3.39. The fourth-order valence-electron chi connectivity index (χ4n) is 3.99. The number of benzene rings is 1. The highest BCUT2D eigenvalue weighted by Gasteiger charge is 2.40. The second kappa shape index (κ2) is 9.31. The zero-order valence-electron chi connectivity index (χ0n) is 19.0. The summed E-state index contributed by atoms with van der Waals surface area (Å²) in [7, 11) is 0. The number of carbonyl (C=O) groups excluding carboxylic acids is 1. The van der Waals surface area contributed by atoms with Crippen molar-refractivity contribution in [2.24, 2.45) is 0 Å². The minimum absolute atomic E-state index is 0.0504. The van der Waals surface area contributed by atoms with Gasteiger partial charge in [-0.3, -0.25) is 9.78 Å². The number of carbonyl (C=O) groups is 1. The fraction of sp³-hybridized carbons (Fsp3) is 0.320. The molecule has 172 valence electrons. The molecule has 0 unspecified atom stereocenters. The Morgan fingerprint density at radius 1 is 1.18 bits per heavy atom. The van der Waals surface area contributed by atoms with Crippen molar-refractivity contribution in [3.05, 3.63) is 84.2 Å². The van der Waals surface area contributed by atoms with Crippen LogP contribution in [-0.4, -0.2) is 32.0 Å². The van der Waals surface area contributed by atoms with Crippen LogP contribution in [-0.2, 0) is 10.3 Å². The number of pyridine rings is 1. The van der Waals surface area contributed by atoms with Crippen molar-refractivity contribution < 1.29 is 9.18 Å². The predicted molar refractivity (Wildman–Crippen MR) is 131 cm³/mol. The molecule has 2 N–H and O–H groups in total. The number of aromatic nitrogens is 2. The third-order valence-electron chi connectivity index (χ3n) is 5.74. The molecule has 0 bridgehead atoms. The summed E-state index contributed by atoms with van der Waals surface area (Å²) in [5.41, 5.74) is 2.51. The van der Waals surface area contributed by atoms with E-state index in [0.717, 1.165) is 11.3 Å². The van der Waals surface area contributed by atoms with Crippen molar-refractivity contribution >= 4 is 28.9 Å². The van der Waals surface area contributed by atoms with Crippen LogP contribution in [0, 0.1) is 5.82 Å². The Labute approximate surface area is 198 Å². The van der Waals surface area contributed by atoms with Crippen LogP contribution >= 0.6 is 12.2 Å². The number of halogens is 1. The van der Waals surface area contributed by atoms with E-state index < -0.39 is 0 Å². The van der Waals surface area contributed by atoms with Gasteiger partial charge in [0.15, 0.2) is 5.11 Å². The molecule has 1 amide bonds. The number of amides is 1. The van der Waals surface area contributed by atoms with Crippen LogP contribution in [0.3, 0.4) is 0 Å². The van der Waals surface area contributed by atoms with Gasteiger partial charge in [0.1, 0.15) is 5.82 Å². The van der Waals surface area contributed by atoms with Gasteiger partial charge in [0, 0.05) is 42.8 Å². The number of anilines is 1. The van der Waals surface area contributed by atoms with Gasteiger partial charge in [0.05, 0.1) is 17.8 Å². The lowest BCUT2D eigenvalue weighted by Crippen LogP contribution is -2.32. The average molecular weight is 466 g/mol. The first-order valence-corrected chi connectivity index (χ1v) is 11.3. The molecule has 2 atom stereocenters. The molecule has 3 heterocycles. The lowest BCUT2D eigenvalue weighted by atomic mass is 9.99. The van der Waals surface area contributed by atoms with Crippen LogP contribution in [0.25, 0.3) is 0 Å². The van der Waals surface area contributed by atoms with E-state index in [-0.39, 0.29) is 35.8 Å². The van der Waals surface area contributed by atoms with Gasteiger partial charge in [-0.15, -0.1) is 0 Å². The van der Waals surface area contributed by atoms with Gasteiger partial charge in [-0.05, 0) is 81.0 Å². The van der Waals surface area contributed by atoms with E-state index in [2.05, 4.69) is 64.3 Å². The van der Waals surface area contributed by atoms with Gasteiger partial charge in [-0.1, -0.05) is 6.07 Å². The topological polar surface area (TPSA) is 62.2 Å². The molecule has 1 aliphatic rings. The van der Waals surface area contributed by atoms with Gasteiger partial charge in [0.25, 0.3) is 0 Å². The molecule has 33 heavy (non-hydrogen) atoms. The van der Waals surface area contributed by atoms with E-state index in [0.29, 0.717) is 17.3 Å². The molecule has 1 fully saturated rings. The summed E-state index contributed by atoms with van der Waals surface area (Å²) in [6.07, 6.45) is 6.23. The summed E-state index contributed by atoms with van der Waals surface area (Å²) < 4.78 is 15.3. The highest BCUT2D eigenvalue weighted by molar-refractivity contribution is 7.80. The van der Waals surface area contributed by atoms with Crippen LogP contribution in [0.15, 0.2) is 67.1 Å². The van der Waals surface area contributed by atoms with Gasteiger partial charge in [-0.25, -0.2) is 4.39 Å². The van der Waals surface area contributed by atoms with Crippen molar-refractivity contribution in [3.63, 3.8) is 0 Å². The molecule has 0 radical (unpaired) electrons. The van der Waals surface area contributed by atoms with Crippen molar-refractivity contribution in [1.82, 2.24) is 19.8 Å². The van der Waals surface area contributed by atoms with Crippen molar-refractivity contribution in [2.45, 2.75) is 44.8 Å². The van der Waals surface area contributed by atoms with E-state index in [9.17, 15) is 9.18 Å². The van der Waals surface area contributed by atoms with E-state index >= 15 is 0 Å². The Bertz CT molecular complexity index is 1120. The van der Waals surface area contributed by atoms with Gasteiger partial charge < -0.3 is 20.1 Å². The molecular formula is C25H28FN5OS. The standard InChI is InChI=1S/C25H28FN5OS/c1-25(2,3)30-14-11-17(16-30)23-22(20-6-4-5-13-27-20)29-24(33)31(23)15-12-21(32)28-19-9-7-18(26)8-10-19/h4-11,13-14,16,22-23H,12,15H2,1-3H3,(H,28,32)(H,29,33)/t22-,23+/m0/s1. The number of nitrogens with one attached hydrogen (secondary N) is 2. The van der Waals surface area contributed by atoms with Crippen LogP contribution in [0.1, 0.15) is 50.5 Å². The van der Waals surface area contributed by atoms with Gasteiger partial charge >= 0.3 is 0 Å². The van der Waals surface area contributed by atoms with Crippen LogP contribution in [0.5, 0.6) is 0 Å². The van der Waals surface area contributed by atoms with Crippen molar-refractivity contribution in [3.8, 4) is 0 Å². The zero-order valence-corrected chi connectivity index (χ0v) is 19.8. The van der Waals surface area contributed by atoms with E-state index in [1.165, 1.54) is 12.1 Å². The molecule has 1 saturated heterocycles. The maximum Gasteiger partial charge on any atom is 0.226 e. The minimum Gasteiger partial charge on any atom is -0.352 e.